The molecule has 31 heavy (non-hydrogen) atoms. The molecule has 4 rings (SSSR count). The molecule has 0 spiro atoms. The predicted octanol–water partition coefficient (Wildman–Crippen LogP) is 2.56. The van der Waals surface area contributed by atoms with Gasteiger partial charge < -0.3 is 9.80 Å². The largest absolute Gasteiger partial charge is 0.352 e. The maximum absolute atomic E-state index is 13.2. The maximum Gasteiger partial charge on any atom is 0.249 e. The Labute approximate surface area is 184 Å². The quantitative estimate of drug-likeness (QED) is 0.605. The Morgan fingerprint density at radius 1 is 1.19 bits per heavy atom. The zero-order valence-corrected chi connectivity index (χ0v) is 17.8. The summed E-state index contributed by atoms with van der Waals surface area (Å²) in [7, 11) is 0. The number of carbonyl (C=O) groups excluding carboxylic acids is 1. The van der Waals surface area contributed by atoms with Gasteiger partial charge in [-0.15, -0.1) is 10.2 Å². The number of anilines is 1. The summed E-state index contributed by atoms with van der Waals surface area (Å²) < 4.78 is 0. The van der Waals surface area contributed by atoms with Crippen LogP contribution in [0.3, 0.4) is 0 Å². The van der Waals surface area contributed by atoms with E-state index in [1.54, 1.807) is 30.5 Å². The van der Waals surface area contributed by atoms with Gasteiger partial charge in [-0.1, -0.05) is 18.5 Å². The highest BCUT2D eigenvalue weighted by Gasteiger charge is 2.30. The summed E-state index contributed by atoms with van der Waals surface area (Å²) in [6.07, 6.45) is 2.23. The Balaban J connectivity index is 1.44. The van der Waals surface area contributed by atoms with Gasteiger partial charge in [0.2, 0.25) is 11.7 Å². The number of amides is 1. The predicted molar refractivity (Wildman–Crippen MR) is 115 cm³/mol. The second kappa shape index (κ2) is 9.10. The number of rotatable bonds is 5. The first-order valence-corrected chi connectivity index (χ1v) is 10.4. The van der Waals surface area contributed by atoms with E-state index in [1.165, 1.54) is 4.80 Å². The summed E-state index contributed by atoms with van der Waals surface area (Å²) in [5, 5.41) is 22.6. The molecule has 3 heterocycles. The van der Waals surface area contributed by atoms with Gasteiger partial charge in [0, 0.05) is 43.0 Å². The molecule has 1 amide bonds. The highest BCUT2D eigenvalue weighted by Crippen LogP contribution is 2.22. The van der Waals surface area contributed by atoms with Crippen LogP contribution in [0, 0.1) is 11.3 Å². The van der Waals surface area contributed by atoms with Crippen molar-refractivity contribution in [3.63, 3.8) is 0 Å². The van der Waals surface area contributed by atoms with Gasteiger partial charge in [0.25, 0.3) is 0 Å². The second-order valence-electron chi connectivity index (χ2n) is 7.16. The van der Waals surface area contributed by atoms with E-state index >= 15 is 0 Å². The van der Waals surface area contributed by atoms with E-state index < -0.39 is 6.04 Å². The normalized spacial score (nSPS) is 14.9. The van der Waals surface area contributed by atoms with Crippen LogP contribution < -0.4 is 4.90 Å². The zero-order valence-electron chi connectivity index (χ0n) is 17.0. The average molecular weight is 437 g/mol. The van der Waals surface area contributed by atoms with E-state index in [-0.39, 0.29) is 5.91 Å². The number of piperazine rings is 1. The third kappa shape index (κ3) is 4.34. The molecule has 0 aliphatic carbocycles. The summed E-state index contributed by atoms with van der Waals surface area (Å²) in [5.41, 5.74) is 1.32. The van der Waals surface area contributed by atoms with Crippen molar-refractivity contribution in [3.05, 3.63) is 53.2 Å². The van der Waals surface area contributed by atoms with Gasteiger partial charge >= 0.3 is 0 Å². The number of tetrazole rings is 1. The third-order valence-electron chi connectivity index (χ3n) is 5.28. The molecule has 9 nitrogen and oxygen atoms in total. The maximum atomic E-state index is 13.2. The lowest BCUT2D eigenvalue weighted by Gasteiger charge is -2.36. The third-order valence-corrected chi connectivity index (χ3v) is 5.53. The lowest BCUT2D eigenvalue weighted by atomic mass is 10.1. The first kappa shape index (κ1) is 20.8. The van der Waals surface area contributed by atoms with Gasteiger partial charge in [-0.3, -0.25) is 4.79 Å². The molecule has 2 aromatic heterocycles. The smallest absolute Gasteiger partial charge is 0.249 e. The molecule has 0 radical (unpaired) electrons. The van der Waals surface area contributed by atoms with Crippen molar-refractivity contribution < 1.29 is 4.79 Å². The molecule has 1 fully saturated rings. The number of halogens is 1. The molecule has 158 valence electrons. The molecular formula is C21H21ClN8O. The Morgan fingerprint density at radius 3 is 2.61 bits per heavy atom. The van der Waals surface area contributed by atoms with Gasteiger partial charge in [0.05, 0.1) is 5.56 Å². The van der Waals surface area contributed by atoms with Crippen LogP contribution in [0.1, 0.15) is 24.9 Å². The molecule has 0 saturated carbocycles. The van der Waals surface area contributed by atoms with Crippen molar-refractivity contribution in [3.8, 4) is 17.5 Å². The number of nitrogens with zero attached hydrogens (tertiary/aromatic N) is 8. The molecule has 10 heteroatoms. The van der Waals surface area contributed by atoms with Crippen molar-refractivity contribution in [2.24, 2.45) is 0 Å². The summed E-state index contributed by atoms with van der Waals surface area (Å²) >= 11 is 5.94. The Morgan fingerprint density at radius 2 is 1.94 bits per heavy atom. The van der Waals surface area contributed by atoms with E-state index in [1.807, 2.05) is 28.9 Å². The first-order valence-electron chi connectivity index (χ1n) is 10.0. The molecular weight excluding hydrogens is 416 g/mol. The van der Waals surface area contributed by atoms with Gasteiger partial charge in [0.1, 0.15) is 11.9 Å². The number of pyridine rings is 1. The van der Waals surface area contributed by atoms with E-state index in [4.69, 9.17) is 11.6 Å². The van der Waals surface area contributed by atoms with E-state index in [2.05, 4.69) is 26.5 Å². The van der Waals surface area contributed by atoms with Crippen LogP contribution in [0.5, 0.6) is 0 Å². The van der Waals surface area contributed by atoms with Gasteiger partial charge in [-0.05, 0) is 48.0 Å². The number of hydrogen-bond acceptors (Lipinski definition) is 7. The standard InChI is InChI=1S/C21H21ClN8O/c1-2-18(30-26-19(25-27-30)15-5-7-17(22)8-6-15)21(31)29-12-10-28(11-13-29)20-16(14-23)4-3-9-24-20/h3-9,18H,2,10-13H2,1H3. The zero-order chi connectivity index (χ0) is 21.8. The Hall–Kier alpha value is -3.51. The average Bonchev–Trinajstić information content (AvgIpc) is 3.30. The molecule has 1 atom stereocenters. The molecule has 1 aliphatic heterocycles. The number of benzene rings is 1. The van der Waals surface area contributed by atoms with E-state index in [0.717, 1.165) is 5.56 Å². The van der Waals surface area contributed by atoms with Crippen molar-refractivity contribution in [2.45, 2.75) is 19.4 Å². The first-order chi connectivity index (χ1) is 15.1. The van der Waals surface area contributed by atoms with Gasteiger partial charge in [-0.2, -0.15) is 10.1 Å². The van der Waals surface area contributed by atoms with Gasteiger partial charge in [-0.25, -0.2) is 4.98 Å². The lowest BCUT2D eigenvalue weighted by Crippen LogP contribution is -2.51. The lowest BCUT2D eigenvalue weighted by molar-refractivity contribution is -0.135. The fraction of sp³-hybridized carbons (Fsp3) is 0.333. The molecule has 1 aliphatic rings. The molecule has 1 saturated heterocycles. The molecule has 0 N–H and O–H groups in total. The van der Waals surface area contributed by atoms with E-state index in [0.29, 0.717) is 54.8 Å². The fourth-order valence-electron chi connectivity index (χ4n) is 3.59. The van der Waals surface area contributed by atoms with Crippen LogP contribution in [0.4, 0.5) is 5.82 Å². The Kier molecular flexibility index (Phi) is 6.09. The fourth-order valence-corrected chi connectivity index (χ4v) is 3.72. The minimum absolute atomic E-state index is 0.0382. The van der Waals surface area contributed by atoms with Crippen LogP contribution >= 0.6 is 11.6 Å². The van der Waals surface area contributed by atoms with Crippen molar-refractivity contribution >= 4 is 23.3 Å². The van der Waals surface area contributed by atoms with E-state index in [9.17, 15) is 10.1 Å². The summed E-state index contributed by atoms with van der Waals surface area (Å²) in [5.74, 6) is 1.07. The summed E-state index contributed by atoms with van der Waals surface area (Å²) in [6, 6.07) is 12.3. The minimum Gasteiger partial charge on any atom is -0.352 e. The molecule has 1 aromatic carbocycles. The number of hydrogen-bond donors (Lipinski definition) is 0. The number of aromatic nitrogens is 5. The number of nitriles is 1. The minimum atomic E-state index is -0.524. The van der Waals surface area contributed by atoms with Crippen LogP contribution in [0.2, 0.25) is 5.02 Å². The summed E-state index contributed by atoms with van der Waals surface area (Å²) in [4.78, 5) is 22.8. The second-order valence-corrected chi connectivity index (χ2v) is 7.60. The monoisotopic (exact) mass is 436 g/mol. The number of carbonyl (C=O) groups is 1. The molecule has 3 aromatic rings. The van der Waals surface area contributed by atoms with Crippen LogP contribution in [-0.2, 0) is 4.79 Å². The topological polar surface area (TPSA) is 104 Å². The van der Waals surface area contributed by atoms with Crippen molar-refractivity contribution in [1.29, 1.82) is 5.26 Å². The molecule has 0 bridgehead atoms. The SMILES string of the molecule is CCC(C(=O)N1CCN(c2ncccc2C#N)CC1)n1nnc(-c2ccc(Cl)cc2)n1. The highest BCUT2D eigenvalue weighted by atomic mass is 35.5. The van der Waals surface area contributed by atoms with Crippen molar-refractivity contribution in [1.82, 2.24) is 30.1 Å². The van der Waals surface area contributed by atoms with Crippen LogP contribution in [0.15, 0.2) is 42.6 Å². The van der Waals surface area contributed by atoms with Crippen LogP contribution in [-0.4, -0.2) is 62.2 Å². The van der Waals surface area contributed by atoms with Crippen LogP contribution in [0.25, 0.3) is 11.4 Å². The Bertz CT molecular complexity index is 1100. The highest BCUT2D eigenvalue weighted by molar-refractivity contribution is 6.30. The molecule has 1 unspecified atom stereocenters. The van der Waals surface area contributed by atoms with Gasteiger partial charge in [0.15, 0.2) is 6.04 Å². The summed E-state index contributed by atoms with van der Waals surface area (Å²) in [6.45, 7) is 4.21. The van der Waals surface area contributed by atoms with Crippen molar-refractivity contribution in [2.75, 3.05) is 31.1 Å².